The average molecular weight is 290 g/mol. The van der Waals surface area contributed by atoms with E-state index < -0.39 is 0 Å². The molecule has 1 aliphatic heterocycles. The Morgan fingerprint density at radius 2 is 2.30 bits per heavy atom. The van der Waals surface area contributed by atoms with E-state index in [9.17, 15) is 0 Å². The number of hydrogen-bond donors (Lipinski definition) is 1. The molecule has 1 aliphatic carbocycles. The maximum absolute atomic E-state index is 4.74. The van der Waals surface area contributed by atoms with Gasteiger partial charge in [-0.05, 0) is 19.8 Å². The van der Waals surface area contributed by atoms with Gasteiger partial charge in [0.1, 0.15) is 0 Å². The molecule has 1 atom stereocenters. The minimum absolute atomic E-state index is 0.392. The normalized spacial score (nSPS) is 26.8. The zero-order valence-electron chi connectivity index (χ0n) is 12.0. The van der Waals surface area contributed by atoms with Gasteiger partial charge < -0.3 is 5.32 Å². The Labute approximate surface area is 123 Å². The van der Waals surface area contributed by atoms with Gasteiger partial charge in [0.05, 0.1) is 5.69 Å². The van der Waals surface area contributed by atoms with Gasteiger partial charge in [-0.15, -0.1) is 11.3 Å². The molecule has 1 unspecified atom stereocenters. The number of nitrogens with zero attached hydrogens (tertiary/aromatic N) is 3. The summed E-state index contributed by atoms with van der Waals surface area (Å²) in [6, 6.07) is 0.598. The van der Waals surface area contributed by atoms with Crippen LogP contribution < -0.4 is 5.32 Å². The molecule has 0 aromatic carbocycles. The highest BCUT2D eigenvalue weighted by Crippen LogP contribution is 2.33. The van der Waals surface area contributed by atoms with Crippen LogP contribution in [0.15, 0.2) is 17.8 Å². The van der Waals surface area contributed by atoms with E-state index in [2.05, 4.69) is 39.3 Å². The van der Waals surface area contributed by atoms with Crippen LogP contribution in [-0.2, 0) is 6.54 Å². The van der Waals surface area contributed by atoms with Crippen LogP contribution in [0.2, 0.25) is 0 Å². The van der Waals surface area contributed by atoms with Crippen LogP contribution >= 0.6 is 11.3 Å². The zero-order chi connectivity index (χ0) is 13.6. The number of rotatable bonds is 2. The van der Waals surface area contributed by atoms with Crippen LogP contribution in [0.5, 0.6) is 0 Å². The fourth-order valence-electron chi connectivity index (χ4n) is 3.75. The van der Waals surface area contributed by atoms with Gasteiger partial charge in [0.2, 0.25) is 0 Å². The molecule has 1 saturated heterocycles. The summed E-state index contributed by atoms with van der Waals surface area (Å²) in [6.45, 7) is 5.60. The predicted molar refractivity (Wildman–Crippen MR) is 82.1 cm³/mol. The molecule has 1 N–H and O–H groups in total. The van der Waals surface area contributed by atoms with Crippen molar-refractivity contribution in [1.82, 2.24) is 19.6 Å². The van der Waals surface area contributed by atoms with Gasteiger partial charge in [0.25, 0.3) is 0 Å². The number of hydrogen-bond acceptors (Lipinski definition) is 4. The lowest BCUT2D eigenvalue weighted by Crippen LogP contribution is -2.62. The summed E-state index contributed by atoms with van der Waals surface area (Å²) < 4.78 is 2.14. The minimum atomic E-state index is 0.392. The quantitative estimate of drug-likeness (QED) is 0.922. The van der Waals surface area contributed by atoms with Gasteiger partial charge >= 0.3 is 0 Å². The Balaban J connectivity index is 1.52. The van der Waals surface area contributed by atoms with Crippen molar-refractivity contribution in [2.75, 3.05) is 13.1 Å². The standard InChI is InChI=1S/C15H22N4S/c1-12-8-16-15(4-2-3-5-15)11-19(12)10-13-9-18-6-7-20-14(18)17-13/h6-7,9,12,16H,2-5,8,10-11H2,1H3. The van der Waals surface area contributed by atoms with Crippen molar-refractivity contribution in [1.29, 1.82) is 0 Å². The minimum Gasteiger partial charge on any atom is -0.308 e. The maximum Gasteiger partial charge on any atom is 0.193 e. The van der Waals surface area contributed by atoms with Crippen molar-refractivity contribution in [3.8, 4) is 0 Å². The molecule has 3 heterocycles. The fourth-order valence-corrected chi connectivity index (χ4v) is 4.47. The molecular weight excluding hydrogens is 268 g/mol. The van der Waals surface area contributed by atoms with E-state index in [0.717, 1.165) is 18.1 Å². The van der Waals surface area contributed by atoms with Crippen molar-refractivity contribution in [2.24, 2.45) is 0 Å². The molecule has 20 heavy (non-hydrogen) atoms. The number of nitrogens with one attached hydrogen (secondary N) is 1. The molecular formula is C15H22N4S. The molecule has 2 aromatic heterocycles. The summed E-state index contributed by atoms with van der Waals surface area (Å²) >= 11 is 1.71. The number of aromatic nitrogens is 2. The lowest BCUT2D eigenvalue weighted by atomic mass is 9.92. The summed E-state index contributed by atoms with van der Waals surface area (Å²) in [5.41, 5.74) is 1.60. The summed E-state index contributed by atoms with van der Waals surface area (Å²) in [5, 5.41) is 5.91. The molecule has 0 bridgehead atoms. The molecule has 1 saturated carbocycles. The average Bonchev–Trinajstić information content (AvgIpc) is 3.10. The van der Waals surface area contributed by atoms with E-state index in [4.69, 9.17) is 4.98 Å². The maximum atomic E-state index is 4.74. The van der Waals surface area contributed by atoms with Crippen molar-refractivity contribution in [3.63, 3.8) is 0 Å². The second-order valence-electron chi connectivity index (χ2n) is 6.45. The Morgan fingerprint density at radius 1 is 1.45 bits per heavy atom. The highest BCUT2D eigenvalue weighted by molar-refractivity contribution is 7.15. The van der Waals surface area contributed by atoms with Gasteiger partial charge in [-0.2, -0.15) is 0 Å². The first-order valence-electron chi connectivity index (χ1n) is 7.64. The number of piperazine rings is 1. The smallest absolute Gasteiger partial charge is 0.193 e. The van der Waals surface area contributed by atoms with Crippen LogP contribution in [0.25, 0.3) is 4.96 Å². The van der Waals surface area contributed by atoms with Crippen molar-refractivity contribution in [3.05, 3.63) is 23.5 Å². The molecule has 2 aliphatic rings. The summed E-state index contributed by atoms with van der Waals surface area (Å²) in [4.78, 5) is 8.46. The predicted octanol–water partition coefficient (Wildman–Crippen LogP) is 2.50. The summed E-state index contributed by atoms with van der Waals surface area (Å²) in [6.07, 6.45) is 9.73. The van der Waals surface area contributed by atoms with E-state index in [0.29, 0.717) is 11.6 Å². The van der Waals surface area contributed by atoms with Crippen LogP contribution in [0.4, 0.5) is 0 Å². The second kappa shape index (κ2) is 4.83. The Hall–Kier alpha value is -0.910. The number of imidazole rings is 1. The van der Waals surface area contributed by atoms with Crippen LogP contribution in [-0.4, -0.2) is 39.0 Å². The van der Waals surface area contributed by atoms with Crippen molar-refractivity contribution >= 4 is 16.3 Å². The van der Waals surface area contributed by atoms with E-state index in [1.54, 1.807) is 11.3 Å². The summed E-state index contributed by atoms with van der Waals surface area (Å²) in [5.74, 6) is 0. The van der Waals surface area contributed by atoms with Crippen LogP contribution in [0.1, 0.15) is 38.3 Å². The largest absolute Gasteiger partial charge is 0.308 e. The Morgan fingerprint density at radius 3 is 3.10 bits per heavy atom. The van der Waals surface area contributed by atoms with E-state index >= 15 is 0 Å². The zero-order valence-corrected chi connectivity index (χ0v) is 12.8. The third-order valence-corrected chi connectivity index (χ3v) is 5.74. The lowest BCUT2D eigenvalue weighted by Gasteiger charge is -2.45. The molecule has 1 spiro atoms. The first-order valence-corrected chi connectivity index (χ1v) is 8.52. The van der Waals surface area contributed by atoms with E-state index in [-0.39, 0.29) is 0 Å². The van der Waals surface area contributed by atoms with Gasteiger partial charge in [-0.3, -0.25) is 9.30 Å². The van der Waals surface area contributed by atoms with Gasteiger partial charge in [-0.1, -0.05) is 12.8 Å². The molecule has 2 aromatic rings. The number of fused-ring (bicyclic) bond motifs is 1. The molecule has 5 heteroatoms. The monoisotopic (exact) mass is 290 g/mol. The first-order chi connectivity index (χ1) is 9.74. The lowest BCUT2D eigenvalue weighted by molar-refractivity contribution is 0.0817. The SMILES string of the molecule is CC1CNC2(CCCC2)CN1Cc1cn2ccsc2n1. The number of thiazole rings is 1. The van der Waals surface area contributed by atoms with Gasteiger partial charge in [0, 0.05) is 49.0 Å². The highest BCUT2D eigenvalue weighted by atomic mass is 32.1. The summed E-state index contributed by atoms with van der Waals surface area (Å²) in [7, 11) is 0. The van der Waals surface area contributed by atoms with Crippen molar-refractivity contribution in [2.45, 2.75) is 50.7 Å². The highest BCUT2D eigenvalue weighted by Gasteiger charge is 2.39. The molecule has 108 valence electrons. The molecule has 0 amide bonds. The topological polar surface area (TPSA) is 32.6 Å². The van der Waals surface area contributed by atoms with Crippen LogP contribution in [0.3, 0.4) is 0 Å². The molecule has 0 radical (unpaired) electrons. The fraction of sp³-hybridized carbons (Fsp3) is 0.667. The Bertz CT molecular complexity index is 567. The van der Waals surface area contributed by atoms with Gasteiger partial charge in [0.15, 0.2) is 4.96 Å². The third-order valence-electron chi connectivity index (χ3n) is 4.97. The first kappa shape index (κ1) is 12.8. The third kappa shape index (κ3) is 2.18. The molecule has 4 nitrogen and oxygen atoms in total. The Kier molecular flexibility index (Phi) is 3.09. The van der Waals surface area contributed by atoms with E-state index in [1.165, 1.54) is 37.9 Å². The second-order valence-corrected chi connectivity index (χ2v) is 7.32. The van der Waals surface area contributed by atoms with Crippen LogP contribution in [0, 0.1) is 0 Å². The molecule has 2 fully saturated rings. The van der Waals surface area contributed by atoms with E-state index in [1.807, 2.05) is 0 Å². The van der Waals surface area contributed by atoms with Crippen molar-refractivity contribution < 1.29 is 0 Å². The van der Waals surface area contributed by atoms with Gasteiger partial charge in [-0.25, -0.2) is 4.98 Å². The molecule has 4 rings (SSSR count).